The molecule has 1 unspecified atom stereocenters. The average molecular weight is 799 g/mol. The van der Waals surface area contributed by atoms with Gasteiger partial charge in [-0.25, -0.2) is 4.98 Å². The maximum atomic E-state index is 13.6. The van der Waals surface area contributed by atoms with E-state index in [-0.39, 0.29) is 91.8 Å². The first-order valence-electron chi connectivity index (χ1n) is 16.3. The number of carbonyl (C=O) groups is 5. The molecule has 3 saturated heterocycles. The Balaban J connectivity index is 0.00000541. The molecule has 2 aromatic rings. The first-order chi connectivity index (χ1) is 24.3. The number of aromatic hydroxyl groups is 2. The number of oxime groups is 1. The summed E-state index contributed by atoms with van der Waals surface area (Å²) in [4.78, 5) is 76.6. The zero-order chi connectivity index (χ0) is 38.0. The first kappa shape index (κ1) is 40.8. The monoisotopic (exact) mass is 798 g/mol. The van der Waals surface area contributed by atoms with E-state index in [1.807, 2.05) is 14.0 Å². The minimum atomic E-state index is -1.88. The van der Waals surface area contributed by atoms with Crippen LogP contribution in [0.3, 0.4) is 0 Å². The number of likely N-dealkylation sites (N-methyl/N-ethyl adjacent to an activating group) is 1. The van der Waals surface area contributed by atoms with Crippen LogP contribution in [0.2, 0.25) is 5.02 Å². The molecule has 4 aliphatic heterocycles. The summed E-state index contributed by atoms with van der Waals surface area (Å²) < 4.78 is 0.475. The molecule has 3 fully saturated rings. The normalized spacial score (nSPS) is 26.8. The number of amides is 2. The Morgan fingerprint density at radius 1 is 1.17 bits per heavy atom. The van der Waals surface area contributed by atoms with Crippen LogP contribution >= 0.6 is 34.7 Å². The number of aromatic nitrogens is 1. The molecule has 5 heterocycles. The molecule has 1 aromatic carbocycles. The summed E-state index contributed by atoms with van der Waals surface area (Å²) in [6.07, 6.45) is -0.373. The smallest absolute Gasteiger partial charge is 0.546 e. The summed E-state index contributed by atoms with van der Waals surface area (Å²) in [5.41, 5.74) is 3.99. The largest absolute Gasteiger partial charge is 1.00 e. The number of aliphatic carboxylic acids is 2. The number of β-lactam (4-membered cyclic amide) rings is 1. The maximum Gasteiger partial charge on any atom is 1.00 e. The second kappa shape index (κ2) is 15.0. The van der Waals surface area contributed by atoms with Gasteiger partial charge in [0.05, 0.1) is 59.7 Å². The third-order valence-electron chi connectivity index (χ3n) is 10.1. The van der Waals surface area contributed by atoms with Gasteiger partial charge in [0.1, 0.15) is 12.2 Å². The van der Waals surface area contributed by atoms with Crippen molar-refractivity contribution in [3.8, 4) is 11.5 Å². The number of nitrogens with two attached hydrogens (primary N) is 1. The number of phenolic OH excluding ortho intramolecular Hbond substituents is 2. The Bertz CT molecular complexity index is 1940. The van der Waals surface area contributed by atoms with Crippen LogP contribution in [0.1, 0.15) is 43.2 Å². The Morgan fingerprint density at radius 3 is 2.38 bits per heavy atom. The third-order valence-corrected chi connectivity index (χ3v) is 12.7. The summed E-state index contributed by atoms with van der Waals surface area (Å²) in [6.45, 7) is 6.70. The van der Waals surface area contributed by atoms with E-state index in [4.69, 9.17) is 22.2 Å². The number of hydrogen-bond donors (Lipinski definition) is 3. The number of thiazole rings is 1. The van der Waals surface area contributed by atoms with Crippen LogP contribution in [0.5, 0.6) is 11.5 Å². The molecule has 6 atom stereocenters. The standard InChI is InChI=1S/C33H37ClN6O10S2.Na/c1-14-19(12-40(4)10-15-8-38(9-16(15)11-40)27(44)17-5-6-21(41)26(43)23(17)34)25(30(46)47)39-28(45)18(29(39)52-14)7-22(42)24(20-13-51-32(35)36-20)37-50-33(2,3)31(48)49;/h5-6,13-16,18,29H,7-12H2,1-4H3,(H5-,35,36,37,41,42,43,44,46,47,48,49);/q;+1/p-1/t14-,15-,16+,18+,29+,40?;/m0./s1. The molecule has 0 spiro atoms. The number of anilines is 1. The van der Waals surface area contributed by atoms with Gasteiger partial charge in [0.2, 0.25) is 5.91 Å². The summed E-state index contributed by atoms with van der Waals surface area (Å²) in [5.74, 6) is -6.35. The van der Waals surface area contributed by atoms with Gasteiger partial charge in [0.15, 0.2) is 33.7 Å². The van der Waals surface area contributed by atoms with Gasteiger partial charge in [-0.3, -0.25) is 19.3 Å². The summed E-state index contributed by atoms with van der Waals surface area (Å²) in [5, 5.41) is 47.9. The second-order valence-electron chi connectivity index (χ2n) is 14.3. The van der Waals surface area contributed by atoms with E-state index in [9.17, 15) is 44.4 Å². The predicted molar refractivity (Wildman–Crippen MR) is 185 cm³/mol. The van der Waals surface area contributed by atoms with Crippen LogP contribution < -0.4 is 45.5 Å². The van der Waals surface area contributed by atoms with Crippen LogP contribution in [0.4, 0.5) is 5.13 Å². The minimum absolute atomic E-state index is 0. The Labute approximate surface area is 339 Å². The molecule has 278 valence electrons. The molecule has 53 heavy (non-hydrogen) atoms. The number of fused-ring (bicyclic) bond motifs is 2. The number of benzene rings is 1. The van der Waals surface area contributed by atoms with Gasteiger partial charge < -0.3 is 50.0 Å². The number of carboxylic acids is 2. The van der Waals surface area contributed by atoms with Gasteiger partial charge in [-0.1, -0.05) is 16.8 Å². The molecule has 16 nitrogen and oxygen atoms in total. The number of nitrogens with zero attached hydrogens (tertiary/aromatic N) is 5. The second-order valence-corrected chi connectivity index (χ2v) is 17.1. The molecule has 0 aliphatic carbocycles. The number of phenols is 2. The predicted octanol–water partition coefficient (Wildman–Crippen LogP) is -3.23. The molecule has 1 aromatic heterocycles. The number of halogens is 1. The quantitative estimate of drug-likeness (QED) is 0.0507. The number of likely N-dealkylation sites (tertiary alicyclic amines) is 2. The maximum absolute atomic E-state index is 13.6. The van der Waals surface area contributed by atoms with Gasteiger partial charge in [0.25, 0.3) is 5.91 Å². The fraction of sp³-hybridized carbons (Fsp3) is 0.485. The fourth-order valence-electron chi connectivity index (χ4n) is 7.46. The summed E-state index contributed by atoms with van der Waals surface area (Å²) >= 11 is 8.53. The van der Waals surface area contributed by atoms with Crippen molar-refractivity contribution in [2.75, 3.05) is 45.5 Å². The molecule has 0 radical (unpaired) electrons. The van der Waals surface area contributed by atoms with Crippen molar-refractivity contribution in [1.82, 2.24) is 14.8 Å². The van der Waals surface area contributed by atoms with Gasteiger partial charge in [-0.05, 0) is 32.9 Å². The van der Waals surface area contributed by atoms with Gasteiger partial charge in [-0.2, -0.15) is 0 Å². The number of carbonyl (C=O) groups excluding carboxylic acids is 5. The molecular formula is C33H36ClN6NaO10S2. The molecule has 0 saturated carbocycles. The van der Waals surface area contributed by atoms with E-state index in [0.717, 1.165) is 11.3 Å². The summed E-state index contributed by atoms with van der Waals surface area (Å²) in [6, 6.07) is 2.58. The van der Waals surface area contributed by atoms with Crippen molar-refractivity contribution in [2.45, 2.75) is 43.4 Å². The molecule has 4 N–H and O–H groups in total. The third kappa shape index (κ3) is 7.63. The van der Waals surface area contributed by atoms with E-state index in [0.29, 0.717) is 42.8 Å². The van der Waals surface area contributed by atoms with Gasteiger partial charge in [0, 0.05) is 47.5 Å². The summed E-state index contributed by atoms with van der Waals surface area (Å²) in [7, 11) is 2.01. The van der Waals surface area contributed by atoms with Crippen molar-refractivity contribution >= 4 is 75.1 Å². The van der Waals surface area contributed by atoms with Crippen LogP contribution in [-0.2, 0) is 24.0 Å². The number of carboxylic acid groups (broad SMARTS) is 2. The molecule has 4 aliphatic rings. The Hall–Kier alpha value is -3.39. The van der Waals surface area contributed by atoms with Crippen molar-refractivity contribution in [3.63, 3.8) is 0 Å². The molecule has 2 amide bonds. The molecule has 20 heteroatoms. The number of hydrogen-bond acceptors (Lipinski definition) is 15. The van der Waals surface area contributed by atoms with Gasteiger partial charge >= 0.3 is 29.6 Å². The van der Waals surface area contributed by atoms with Crippen LogP contribution in [-0.4, -0.2) is 121 Å². The van der Waals surface area contributed by atoms with E-state index < -0.39 is 52.0 Å². The number of rotatable bonds is 11. The Kier molecular flexibility index (Phi) is 11.6. The van der Waals surface area contributed by atoms with E-state index >= 15 is 0 Å². The number of thioether (sulfide) groups is 1. The minimum Gasteiger partial charge on any atom is -0.546 e. The van der Waals surface area contributed by atoms with E-state index in [2.05, 4.69) is 10.1 Å². The topological polar surface area (TPSA) is 239 Å². The number of Topliss-reactive ketones (excluding diaryl/α,β-unsaturated/α-hetero) is 1. The van der Waals surface area contributed by atoms with Crippen molar-refractivity contribution in [2.24, 2.45) is 22.9 Å². The van der Waals surface area contributed by atoms with Crippen molar-refractivity contribution in [3.05, 3.63) is 45.1 Å². The van der Waals surface area contributed by atoms with Gasteiger partial charge in [-0.15, -0.1) is 23.1 Å². The average Bonchev–Trinajstić information content (AvgIpc) is 3.76. The van der Waals surface area contributed by atoms with Crippen molar-refractivity contribution < 1.29 is 83.3 Å². The van der Waals surface area contributed by atoms with Crippen LogP contribution in [0.15, 0.2) is 33.9 Å². The SMILES string of the molecule is C[C@@H]1S[C@@H]2[C@H](CC(=O)/C(=N\OC(C)(C)C(=O)[O-])c3csc(N)n3)C(=O)N2C(C(=O)[O-])=C1C[N+]1(C)C[C@H]2CN(C(=O)c3ccc(O)c(O)c3Cl)C[C@H]2C1.[Na+]. The van der Waals surface area contributed by atoms with Crippen LogP contribution in [0, 0.1) is 17.8 Å². The number of ketones is 1. The van der Waals surface area contributed by atoms with E-state index in [1.165, 1.54) is 48.0 Å². The zero-order valence-electron chi connectivity index (χ0n) is 29.5. The molecule has 6 rings (SSSR count). The zero-order valence-corrected chi connectivity index (χ0v) is 33.9. The number of nitrogen functional groups attached to an aromatic ring is 1. The number of quaternary nitrogens is 1. The van der Waals surface area contributed by atoms with E-state index in [1.54, 1.807) is 4.90 Å². The fourth-order valence-corrected chi connectivity index (χ4v) is 9.75. The van der Waals surface area contributed by atoms with Crippen LogP contribution in [0.25, 0.3) is 0 Å². The molecular weight excluding hydrogens is 763 g/mol. The molecule has 0 bridgehead atoms. The first-order valence-corrected chi connectivity index (χ1v) is 18.5. The van der Waals surface area contributed by atoms with Crippen molar-refractivity contribution in [1.29, 1.82) is 0 Å². The Morgan fingerprint density at radius 2 is 1.81 bits per heavy atom.